The molecular formula is C20H30N6O2. The Morgan fingerprint density at radius 3 is 2.82 bits per heavy atom. The normalized spacial score (nSPS) is 21.2. The van der Waals surface area contributed by atoms with E-state index in [0.29, 0.717) is 13.2 Å². The Labute approximate surface area is 165 Å². The van der Waals surface area contributed by atoms with E-state index >= 15 is 0 Å². The molecule has 0 aromatic carbocycles. The Hall–Kier alpha value is -2.19. The van der Waals surface area contributed by atoms with Crippen molar-refractivity contribution in [3.05, 3.63) is 40.1 Å². The van der Waals surface area contributed by atoms with Crippen LogP contribution in [-0.2, 0) is 24.8 Å². The molecule has 2 saturated heterocycles. The van der Waals surface area contributed by atoms with Gasteiger partial charge in [0, 0.05) is 51.1 Å². The summed E-state index contributed by atoms with van der Waals surface area (Å²) in [7, 11) is 1.97. The summed E-state index contributed by atoms with van der Waals surface area (Å²) in [5, 5.41) is 9.08. The molecule has 4 rings (SSSR count). The van der Waals surface area contributed by atoms with Crippen LogP contribution in [0, 0.1) is 0 Å². The second-order valence-electron chi connectivity index (χ2n) is 7.76. The van der Waals surface area contributed by atoms with Gasteiger partial charge in [-0.25, -0.2) is 4.68 Å². The van der Waals surface area contributed by atoms with E-state index in [2.05, 4.69) is 33.1 Å². The highest BCUT2D eigenvalue weighted by Crippen LogP contribution is 2.22. The number of aryl methyl sites for hydroxylation is 2. The van der Waals surface area contributed by atoms with Gasteiger partial charge in [0.1, 0.15) is 0 Å². The minimum absolute atomic E-state index is 0.00790. The summed E-state index contributed by atoms with van der Waals surface area (Å²) in [6.45, 7) is 7.96. The zero-order valence-electron chi connectivity index (χ0n) is 16.9. The molecule has 0 aliphatic carbocycles. The Kier molecular flexibility index (Phi) is 5.77. The van der Waals surface area contributed by atoms with Crippen molar-refractivity contribution in [3.63, 3.8) is 0 Å². The van der Waals surface area contributed by atoms with E-state index in [-0.39, 0.29) is 11.6 Å². The minimum Gasteiger partial charge on any atom is -0.378 e. The van der Waals surface area contributed by atoms with Gasteiger partial charge in [0.25, 0.3) is 5.56 Å². The zero-order chi connectivity index (χ0) is 19.5. The van der Waals surface area contributed by atoms with Crippen LogP contribution in [0.15, 0.2) is 23.3 Å². The number of piperidine rings is 1. The van der Waals surface area contributed by atoms with Crippen molar-refractivity contribution in [2.45, 2.75) is 38.8 Å². The van der Waals surface area contributed by atoms with Gasteiger partial charge in [-0.05, 0) is 25.8 Å². The number of anilines is 1. The molecule has 8 nitrogen and oxygen atoms in total. The Morgan fingerprint density at radius 2 is 2.07 bits per heavy atom. The predicted molar refractivity (Wildman–Crippen MR) is 108 cm³/mol. The SMILES string of the molecule is CCc1nn(C)cc1CN1CCCC(n2ncc(N3CCOCC3)cc2=O)C1. The van der Waals surface area contributed by atoms with E-state index in [1.54, 1.807) is 10.7 Å². The van der Waals surface area contributed by atoms with Crippen molar-refractivity contribution in [1.29, 1.82) is 0 Å². The third kappa shape index (κ3) is 4.12. The number of likely N-dealkylation sites (tertiary alicyclic amines) is 1. The van der Waals surface area contributed by atoms with E-state index in [4.69, 9.17) is 4.74 Å². The molecule has 28 heavy (non-hydrogen) atoms. The summed E-state index contributed by atoms with van der Waals surface area (Å²) < 4.78 is 8.97. The Morgan fingerprint density at radius 1 is 1.25 bits per heavy atom. The van der Waals surface area contributed by atoms with Crippen molar-refractivity contribution < 1.29 is 4.74 Å². The smallest absolute Gasteiger partial charge is 0.269 e. The van der Waals surface area contributed by atoms with Gasteiger partial charge in [-0.3, -0.25) is 14.4 Å². The highest BCUT2D eigenvalue weighted by molar-refractivity contribution is 5.43. The van der Waals surface area contributed by atoms with Crippen LogP contribution in [0.1, 0.15) is 37.1 Å². The third-order valence-corrected chi connectivity index (χ3v) is 5.73. The topological polar surface area (TPSA) is 68.4 Å². The molecule has 2 aliphatic rings. The first-order valence-corrected chi connectivity index (χ1v) is 10.3. The number of nitrogens with zero attached hydrogens (tertiary/aromatic N) is 6. The first kappa shape index (κ1) is 19.1. The Balaban J connectivity index is 1.46. The average molecular weight is 387 g/mol. The summed E-state index contributed by atoms with van der Waals surface area (Å²) in [6.07, 6.45) is 6.96. The minimum atomic E-state index is -0.00790. The van der Waals surface area contributed by atoms with Crippen LogP contribution in [0.5, 0.6) is 0 Å². The van der Waals surface area contributed by atoms with Crippen LogP contribution >= 0.6 is 0 Å². The fourth-order valence-corrected chi connectivity index (χ4v) is 4.31. The van der Waals surface area contributed by atoms with Crippen LogP contribution < -0.4 is 10.5 Å². The van der Waals surface area contributed by atoms with Gasteiger partial charge in [-0.1, -0.05) is 6.92 Å². The molecular weight excluding hydrogens is 356 g/mol. The number of aromatic nitrogens is 4. The maximum atomic E-state index is 12.8. The molecule has 2 aliphatic heterocycles. The summed E-state index contributed by atoms with van der Waals surface area (Å²) in [5.74, 6) is 0. The van der Waals surface area contributed by atoms with E-state index < -0.39 is 0 Å². The molecule has 0 bridgehead atoms. The molecule has 1 unspecified atom stereocenters. The maximum Gasteiger partial charge on any atom is 0.269 e. The van der Waals surface area contributed by atoms with Gasteiger partial charge < -0.3 is 9.64 Å². The summed E-state index contributed by atoms with van der Waals surface area (Å²) in [4.78, 5) is 17.4. The number of morpholine rings is 1. The van der Waals surface area contributed by atoms with E-state index in [1.165, 1.54) is 5.56 Å². The molecule has 4 heterocycles. The van der Waals surface area contributed by atoms with Crippen LogP contribution in [-0.4, -0.2) is 63.9 Å². The fraction of sp³-hybridized carbons (Fsp3) is 0.650. The lowest BCUT2D eigenvalue weighted by Gasteiger charge is -2.33. The summed E-state index contributed by atoms with van der Waals surface area (Å²) in [6, 6.07) is 1.86. The molecule has 2 fully saturated rings. The van der Waals surface area contributed by atoms with Crippen molar-refractivity contribution in [3.8, 4) is 0 Å². The monoisotopic (exact) mass is 386 g/mol. The molecule has 8 heteroatoms. The van der Waals surface area contributed by atoms with Crippen LogP contribution in [0.25, 0.3) is 0 Å². The lowest BCUT2D eigenvalue weighted by Crippen LogP contribution is -2.41. The van der Waals surface area contributed by atoms with Gasteiger partial charge in [0.15, 0.2) is 0 Å². The first-order valence-electron chi connectivity index (χ1n) is 10.3. The average Bonchev–Trinajstić information content (AvgIpc) is 3.08. The lowest BCUT2D eigenvalue weighted by atomic mass is 10.0. The van der Waals surface area contributed by atoms with Crippen molar-refractivity contribution in [2.75, 3.05) is 44.3 Å². The zero-order valence-corrected chi connectivity index (χ0v) is 16.9. The number of ether oxygens (including phenoxy) is 1. The van der Waals surface area contributed by atoms with E-state index in [1.807, 2.05) is 17.9 Å². The molecule has 2 aromatic heterocycles. The Bertz CT molecular complexity index is 855. The standard InChI is InChI=1S/C20H30N6O2/c1-3-19-16(13-23(2)22-19)14-24-6-4-5-17(15-24)26-20(27)11-18(12-21-26)25-7-9-28-10-8-25/h11-13,17H,3-10,14-15H2,1-2H3. The second-order valence-corrected chi connectivity index (χ2v) is 7.76. The number of hydrogen-bond donors (Lipinski definition) is 0. The van der Waals surface area contributed by atoms with Crippen LogP contribution in [0.2, 0.25) is 0 Å². The highest BCUT2D eigenvalue weighted by Gasteiger charge is 2.24. The van der Waals surface area contributed by atoms with Gasteiger partial charge >= 0.3 is 0 Å². The lowest BCUT2D eigenvalue weighted by molar-refractivity contribution is 0.122. The molecule has 0 N–H and O–H groups in total. The molecule has 1 atom stereocenters. The molecule has 0 saturated carbocycles. The molecule has 0 amide bonds. The number of rotatable bonds is 5. The van der Waals surface area contributed by atoms with Crippen molar-refractivity contribution in [2.24, 2.45) is 7.05 Å². The van der Waals surface area contributed by atoms with E-state index in [0.717, 1.165) is 63.4 Å². The maximum absolute atomic E-state index is 12.8. The van der Waals surface area contributed by atoms with E-state index in [9.17, 15) is 4.79 Å². The predicted octanol–water partition coefficient (Wildman–Crippen LogP) is 1.21. The molecule has 0 spiro atoms. The van der Waals surface area contributed by atoms with Crippen molar-refractivity contribution >= 4 is 5.69 Å². The largest absolute Gasteiger partial charge is 0.378 e. The number of hydrogen-bond acceptors (Lipinski definition) is 6. The summed E-state index contributed by atoms with van der Waals surface area (Å²) in [5.41, 5.74) is 3.34. The first-order chi connectivity index (χ1) is 13.6. The third-order valence-electron chi connectivity index (χ3n) is 5.73. The fourth-order valence-electron chi connectivity index (χ4n) is 4.31. The van der Waals surface area contributed by atoms with Crippen LogP contribution in [0.3, 0.4) is 0 Å². The van der Waals surface area contributed by atoms with Gasteiger partial charge in [0.05, 0.1) is 36.8 Å². The molecule has 152 valence electrons. The second kappa shape index (κ2) is 8.45. The van der Waals surface area contributed by atoms with Crippen molar-refractivity contribution in [1.82, 2.24) is 24.5 Å². The van der Waals surface area contributed by atoms with Crippen LogP contribution in [0.4, 0.5) is 5.69 Å². The molecule has 0 radical (unpaired) electrons. The van der Waals surface area contributed by atoms with Gasteiger partial charge in [0.2, 0.25) is 0 Å². The molecule has 2 aromatic rings. The van der Waals surface area contributed by atoms with Gasteiger partial charge in [-0.2, -0.15) is 10.2 Å². The quantitative estimate of drug-likeness (QED) is 0.770. The highest BCUT2D eigenvalue weighted by atomic mass is 16.5. The van der Waals surface area contributed by atoms with Gasteiger partial charge in [-0.15, -0.1) is 0 Å². The summed E-state index contributed by atoms with van der Waals surface area (Å²) >= 11 is 0.